The van der Waals surface area contributed by atoms with Gasteiger partial charge in [-0.1, -0.05) is 25.1 Å². The number of aryl methyl sites for hydroxylation is 1. The molecule has 72 valence electrons. The Morgan fingerprint density at radius 1 is 1.15 bits per heavy atom. The molecule has 2 heteroatoms. The molecule has 0 fully saturated rings. The molecule has 0 unspecified atom stereocenters. The van der Waals surface area contributed by atoms with Crippen molar-refractivity contribution in [1.82, 2.24) is 0 Å². The second kappa shape index (κ2) is 5.60. The van der Waals surface area contributed by atoms with Gasteiger partial charge in [-0.3, -0.25) is 0 Å². The Morgan fingerprint density at radius 2 is 1.92 bits per heavy atom. The van der Waals surface area contributed by atoms with E-state index in [1.807, 2.05) is 18.2 Å². The van der Waals surface area contributed by atoms with Crippen molar-refractivity contribution in [3.8, 4) is 5.75 Å². The maximum Gasteiger partial charge on any atom is 0.122 e. The minimum Gasteiger partial charge on any atom is -0.491 e. The Bertz CT molecular complexity index is 246. The summed E-state index contributed by atoms with van der Waals surface area (Å²) in [7, 11) is 1.68. The van der Waals surface area contributed by atoms with Gasteiger partial charge in [-0.25, -0.2) is 0 Å². The van der Waals surface area contributed by atoms with Crippen LogP contribution >= 0.6 is 0 Å². The molecule has 1 rings (SSSR count). The summed E-state index contributed by atoms with van der Waals surface area (Å²) < 4.78 is 10.5. The number of para-hydroxylation sites is 1. The number of benzene rings is 1. The molecule has 0 spiro atoms. The lowest BCUT2D eigenvalue weighted by Gasteiger charge is -2.09. The van der Waals surface area contributed by atoms with Crippen molar-refractivity contribution in [2.45, 2.75) is 13.3 Å². The van der Waals surface area contributed by atoms with E-state index >= 15 is 0 Å². The summed E-state index contributed by atoms with van der Waals surface area (Å²) in [6.45, 7) is 3.38. The van der Waals surface area contributed by atoms with E-state index in [-0.39, 0.29) is 0 Å². The summed E-state index contributed by atoms with van der Waals surface area (Å²) in [5, 5.41) is 0. The Labute approximate surface area is 79.5 Å². The van der Waals surface area contributed by atoms with Gasteiger partial charge in [-0.2, -0.15) is 0 Å². The zero-order chi connectivity index (χ0) is 9.52. The lowest BCUT2D eigenvalue weighted by Crippen LogP contribution is -2.05. The Hall–Kier alpha value is -1.02. The largest absolute Gasteiger partial charge is 0.491 e. The van der Waals surface area contributed by atoms with Crippen LogP contribution < -0.4 is 4.74 Å². The predicted molar refractivity (Wildman–Crippen MR) is 53.2 cm³/mol. The van der Waals surface area contributed by atoms with Crippen LogP contribution in [0.1, 0.15) is 12.5 Å². The monoisotopic (exact) mass is 180 g/mol. The van der Waals surface area contributed by atoms with Gasteiger partial charge in [-0.05, 0) is 18.1 Å². The maximum absolute atomic E-state index is 5.54. The molecule has 0 aliphatic heterocycles. The molecule has 13 heavy (non-hydrogen) atoms. The summed E-state index contributed by atoms with van der Waals surface area (Å²) in [5.41, 5.74) is 1.25. The lowest BCUT2D eigenvalue weighted by atomic mass is 10.1. The average Bonchev–Trinajstić information content (AvgIpc) is 2.19. The molecule has 1 aromatic rings. The molecular weight excluding hydrogens is 164 g/mol. The van der Waals surface area contributed by atoms with Gasteiger partial charge in [0.15, 0.2) is 0 Å². The first kappa shape index (κ1) is 10.1. The number of hydrogen-bond acceptors (Lipinski definition) is 2. The van der Waals surface area contributed by atoms with E-state index in [1.54, 1.807) is 7.11 Å². The summed E-state index contributed by atoms with van der Waals surface area (Å²) in [5.74, 6) is 0.974. The van der Waals surface area contributed by atoms with Crippen molar-refractivity contribution in [1.29, 1.82) is 0 Å². The van der Waals surface area contributed by atoms with Crippen molar-refractivity contribution in [3.63, 3.8) is 0 Å². The zero-order valence-electron chi connectivity index (χ0n) is 8.25. The van der Waals surface area contributed by atoms with Crippen LogP contribution in [0.2, 0.25) is 0 Å². The van der Waals surface area contributed by atoms with Crippen LogP contribution in [-0.4, -0.2) is 20.3 Å². The minimum atomic E-state index is 0.619. The zero-order valence-corrected chi connectivity index (χ0v) is 8.25. The van der Waals surface area contributed by atoms with E-state index in [0.717, 1.165) is 12.2 Å². The van der Waals surface area contributed by atoms with Crippen molar-refractivity contribution in [2.24, 2.45) is 0 Å². The van der Waals surface area contributed by atoms with Crippen LogP contribution in [0.4, 0.5) is 0 Å². The molecule has 1 aromatic carbocycles. The van der Waals surface area contributed by atoms with Crippen LogP contribution in [0.25, 0.3) is 0 Å². The van der Waals surface area contributed by atoms with E-state index in [1.165, 1.54) is 5.56 Å². The molecule has 0 radical (unpaired) electrons. The Morgan fingerprint density at radius 3 is 2.62 bits per heavy atom. The Kier molecular flexibility index (Phi) is 4.33. The van der Waals surface area contributed by atoms with Gasteiger partial charge < -0.3 is 9.47 Å². The van der Waals surface area contributed by atoms with Crippen LogP contribution in [0.3, 0.4) is 0 Å². The summed E-state index contributed by atoms with van der Waals surface area (Å²) >= 11 is 0. The lowest BCUT2D eigenvalue weighted by molar-refractivity contribution is 0.146. The van der Waals surface area contributed by atoms with Crippen LogP contribution in [0, 0.1) is 0 Å². The van der Waals surface area contributed by atoms with Crippen molar-refractivity contribution >= 4 is 0 Å². The first-order chi connectivity index (χ1) is 6.38. The highest BCUT2D eigenvalue weighted by molar-refractivity contribution is 5.33. The molecule has 0 amide bonds. The molecule has 0 N–H and O–H groups in total. The highest BCUT2D eigenvalue weighted by Crippen LogP contribution is 2.17. The van der Waals surface area contributed by atoms with Gasteiger partial charge >= 0.3 is 0 Å². The number of rotatable bonds is 5. The summed E-state index contributed by atoms with van der Waals surface area (Å²) in [6.07, 6.45) is 1.00. The van der Waals surface area contributed by atoms with Crippen LogP contribution in [0.15, 0.2) is 24.3 Å². The van der Waals surface area contributed by atoms with Crippen molar-refractivity contribution < 1.29 is 9.47 Å². The van der Waals surface area contributed by atoms with Gasteiger partial charge in [0, 0.05) is 7.11 Å². The summed E-state index contributed by atoms with van der Waals surface area (Å²) in [4.78, 5) is 0. The van der Waals surface area contributed by atoms with E-state index in [4.69, 9.17) is 9.47 Å². The topological polar surface area (TPSA) is 18.5 Å². The third kappa shape index (κ3) is 3.07. The average molecular weight is 180 g/mol. The fourth-order valence-electron chi connectivity index (χ4n) is 1.17. The van der Waals surface area contributed by atoms with Crippen molar-refractivity contribution in [2.75, 3.05) is 20.3 Å². The molecule has 0 heterocycles. The summed E-state index contributed by atoms with van der Waals surface area (Å²) in [6, 6.07) is 8.10. The Balaban J connectivity index is 2.54. The molecule has 0 atom stereocenters. The molecule has 0 saturated heterocycles. The number of methoxy groups -OCH3 is 1. The first-order valence-corrected chi connectivity index (χ1v) is 4.58. The normalized spacial score (nSPS) is 10.0. The molecule has 0 saturated carbocycles. The molecule has 0 aliphatic carbocycles. The van der Waals surface area contributed by atoms with E-state index in [0.29, 0.717) is 13.2 Å². The molecular formula is C11H16O2. The van der Waals surface area contributed by atoms with Gasteiger partial charge in [0.25, 0.3) is 0 Å². The minimum absolute atomic E-state index is 0.619. The third-order valence-corrected chi connectivity index (χ3v) is 1.90. The number of hydrogen-bond donors (Lipinski definition) is 0. The molecule has 0 aliphatic rings. The van der Waals surface area contributed by atoms with E-state index in [9.17, 15) is 0 Å². The standard InChI is InChI=1S/C11H16O2/c1-3-10-6-4-5-7-11(10)13-9-8-12-2/h4-7H,3,8-9H2,1-2H3. The first-order valence-electron chi connectivity index (χ1n) is 4.58. The van der Waals surface area contributed by atoms with E-state index in [2.05, 4.69) is 13.0 Å². The van der Waals surface area contributed by atoms with E-state index < -0.39 is 0 Å². The quantitative estimate of drug-likeness (QED) is 0.647. The second-order valence-electron chi connectivity index (χ2n) is 2.80. The predicted octanol–water partition coefficient (Wildman–Crippen LogP) is 2.27. The third-order valence-electron chi connectivity index (χ3n) is 1.90. The van der Waals surface area contributed by atoms with Gasteiger partial charge in [-0.15, -0.1) is 0 Å². The van der Waals surface area contributed by atoms with Crippen LogP contribution in [0.5, 0.6) is 5.75 Å². The fraction of sp³-hybridized carbons (Fsp3) is 0.455. The van der Waals surface area contributed by atoms with Gasteiger partial charge in [0.05, 0.1) is 6.61 Å². The molecule has 0 bridgehead atoms. The highest BCUT2D eigenvalue weighted by atomic mass is 16.5. The number of ether oxygens (including phenoxy) is 2. The molecule has 2 nitrogen and oxygen atoms in total. The highest BCUT2D eigenvalue weighted by Gasteiger charge is 1.98. The van der Waals surface area contributed by atoms with Gasteiger partial charge in [0.2, 0.25) is 0 Å². The maximum atomic E-state index is 5.54. The van der Waals surface area contributed by atoms with Crippen molar-refractivity contribution in [3.05, 3.63) is 29.8 Å². The second-order valence-corrected chi connectivity index (χ2v) is 2.80. The van der Waals surface area contributed by atoms with Gasteiger partial charge in [0.1, 0.15) is 12.4 Å². The molecule has 0 aromatic heterocycles. The van der Waals surface area contributed by atoms with Crippen LogP contribution in [-0.2, 0) is 11.2 Å². The smallest absolute Gasteiger partial charge is 0.122 e. The fourth-order valence-corrected chi connectivity index (χ4v) is 1.17. The SMILES string of the molecule is CCc1ccccc1OCCOC.